The Kier molecular flexibility index (Phi) is 6.27. The minimum Gasteiger partial charge on any atom is -0.347 e. The second-order valence-corrected chi connectivity index (χ2v) is 10.6. The maximum atomic E-state index is 12.9. The number of hydrogen-bond donors (Lipinski definition) is 1. The van der Waals surface area contributed by atoms with Crippen LogP contribution >= 0.6 is 11.3 Å². The Balaban J connectivity index is 1.44. The van der Waals surface area contributed by atoms with Crippen LogP contribution in [0.5, 0.6) is 0 Å². The Morgan fingerprint density at radius 2 is 1.87 bits per heavy atom. The van der Waals surface area contributed by atoms with Crippen LogP contribution in [0.2, 0.25) is 0 Å². The summed E-state index contributed by atoms with van der Waals surface area (Å²) < 4.78 is 29.2. The lowest BCUT2D eigenvalue weighted by molar-refractivity contribution is 0.0952. The van der Waals surface area contributed by atoms with Gasteiger partial charge in [0.25, 0.3) is 5.91 Å². The summed E-state index contributed by atoms with van der Waals surface area (Å²) >= 11 is 1.16. The highest BCUT2D eigenvalue weighted by atomic mass is 32.2. The van der Waals surface area contributed by atoms with E-state index in [1.165, 1.54) is 10.4 Å². The smallest absolute Gasteiger partial charge is 0.263 e. The fourth-order valence-corrected chi connectivity index (χ4v) is 6.68. The first-order chi connectivity index (χ1) is 14.8. The summed E-state index contributed by atoms with van der Waals surface area (Å²) in [5.74, 6) is -0.364. The van der Waals surface area contributed by atoms with Crippen molar-refractivity contribution in [2.45, 2.75) is 44.7 Å². The van der Waals surface area contributed by atoms with Crippen LogP contribution in [0.15, 0.2) is 46.7 Å². The number of thiophene rings is 1. The predicted molar refractivity (Wildman–Crippen MR) is 121 cm³/mol. The van der Waals surface area contributed by atoms with E-state index in [2.05, 4.69) is 10.4 Å². The normalized spacial score (nSPS) is 14.8. The quantitative estimate of drug-likeness (QED) is 0.589. The number of sulfonamides is 1. The van der Waals surface area contributed by atoms with Gasteiger partial charge in [-0.2, -0.15) is 9.40 Å². The standard InChI is InChI=1S/C22H26N4O3S2/c1-16-12-17(2)26(24-16)15-19-7-5-6-18(13-19)14-23-22(27)21-20(8-11-30-21)31(28,29)25-9-3-4-10-25/h5-8,11-13H,3-4,9-10,14-15H2,1-2H3,(H,23,27). The molecule has 1 N–H and O–H groups in total. The first-order valence-corrected chi connectivity index (χ1v) is 12.6. The Labute approximate surface area is 186 Å². The zero-order valence-electron chi connectivity index (χ0n) is 17.7. The van der Waals surface area contributed by atoms with Crippen molar-refractivity contribution in [3.05, 3.63) is 69.2 Å². The minimum absolute atomic E-state index is 0.107. The molecule has 1 fully saturated rings. The third-order valence-corrected chi connectivity index (χ3v) is 8.38. The summed E-state index contributed by atoms with van der Waals surface area (Å²) in [6.07, 6.45) is 1.72. The molecule has 0 unspecified atom stereocenters. The number of nitrogens with zero attached hydrogens (tertiary/aromatic N) is 3. The lowest BCUT2D eigenvalue weighted by Crippen LogP contribution is -2.30. The van der Waals surface area contributed by atoms with Crippen LogP contribution in [0.25, 0.3) is 0 Å². The first kappa shape index (κ1) is 21.7. The van der Waals surface area contributed by atoms with E-state index in [4.69, 9.17) is 0 Å². The molecule has 0 aliphatic carbocycles. The number of aryl methyl sites for hydroxylation is 2. The molecule has 0 atom stereocenters. The largest absolute Gasteiger partial charge is 0.347 e. The molecule has 4 rings (SSSR count). The zero-order valence-corrected chi connectivity index (χ0v) is 19.3. The summed E-state index contributed by atoms with van der Waals surface area (Å²) in [4.78, 5) is 13.1. The van der Waals surface area contributed by atoms with Gasteiger partial charge in [-0.05, 0) is 55.3 Å². The Morgan fingerprint density at radius 1 is 1.13 bits per heavy atom. The fourth-order valence-electron chi connectivity index (χ4n) is 3.84. The van der Waals surface area contributed by atoms with Crippen molar-refractivity contribution < 1.29 is 13.2 Å². The number of carbonyl (C=O) groups is 1. The molecule has 1 saturated heterocycles. The van der Waals surface area contributed by atoms with Gasteiger partial charge < -0.3 is 5.32 Å². The SMILES string of the molecule is Cc1cc(C)n(Cc2cccc(CNC(=O)c3sccc3S(=O)(=O)N3CCCC3)c2)n1. The van der Waals surface area contributed by atoms with Crippen molar-refractivity contribution >= 4 is 27.3 Å². The molecule has 164 valence electrons. The van der Waals surface area contributed by atoms with E-state index in [0.29, 0.717) is 26.2 Å². The molecule has 2 aromatic heterocycles. The molecule has 0 bridgehead atoms. The van der Waals surface area contributed by atoms with Crippen molar-refractivity contribution in [3.63, 3.8) is 0 Å². The lowest BCUT2D eigenvalue weighted by atomic mass is 10.1. The maximum Gasteiger partial charge on any atom is 0.263 e. The monoisotopic (exact) mass is 458 g/mol. The van der Waals surface area contributed by atoms with Gasteiger partial charge in [0.1, 0.15) is 9.77 Å². The van der Waals surface area contributed by atoms with Crippen LogP contribution in [-0.4, -0.2) is 41.5 Å². The van der Waals surface area contributed by atoms with E-state index in [0.717, 1.165) is 46.7 Å². The average Bonchev–Trinajstić information content (AvgIpc) is 3.48. The number of carbonyl (C=O) groups excluding carboxylic acids is 1. The molecule has 31 heavy (non-hydrogen) atoms. The fraction of sp³-hybridized carbons (Fsp3) is 0.364. The van der Waals surface area contributed by atoms with E-state index in [9.17, 15) is 13.2 Å². The summed E-state index contributed by atoms with van der Waals surface area (Å²) in [5.41, 5.74) is 4.12. The van der Waals surface area contributed by atoms with Crippen LogP contribution in [-0.2, 0) is 23.1 Å². The molecule has 1 aliphatic heterocycles. The van der Waals surface area contributed by atoms with Gasteiger partial charge >= 0.3 is 0 Å². The van der Waals surface area contributed by atoms with E-state index in [1.54, 1.807) is 5.38 Å². The van der Waals surface area contributed by atoms with Gasteiger partial charge in [-0.25, -0.2) is 8.42 Å². The summed E-state index contributed by atoms with van der Waals surface area (Å²) in [7, 11) is -3.62. The summed E-state index contributed by atoms with van der Waals surface area (Å²) in [6.45, 7) is 6.01. The molecule has 0 saturated carbocycles. The van der Waals surface area contributed by atoms with Gasteiger partial charge in [0.05, 0.1) is 12.2 Å². The molecule has 3 aromatic rings. The van der Waals surface area contributed by atoms with Crippen LogP contribution in [0, 0.1) is 13.8 Å². The Bertz CT molecular complexity index is 1190. The molecular weight excluding hydrogens is 432 g/mol. The number of aromatic nitrogens is 2. The van der Waals surface area contributed by atoms with Crippen molar-refractivity contribution in [3.8, 4) is 0 Å². The van der Waals surface area contributed by atoms with Crippen LogP contribution in [0.3, 0.4) is 0 Å². The minimum atomic E-state index is -3.62. The zero-order chi connectivity index (χ0) is 22.0. The van der Waals surface area contributed by atoms with Gasteiger partial charge in [0, 0.05) is 25.3 Å². The summed E-state index contributed by atoms with van der Waals surface area (Å²) in [5, 5.41) is 9.03. The first-order valence-electron chi connectivity index (χ1n) is 10.3. The van der Waals surface area contributed by atoms with Crippen LogP contribution in [0.4, 0.5) is 0 Å². The molecule has 9 heteroatoms. The van der Waals surface area contributed by atoms with Crippen molar-refractivity contribution in [2.75, 3.05) is 13.1 Å². The average molecular weight is 459 g/mol. The number of hydrogen-bond acceptors (Lipinski definition) is 5. The van der Waals surface area contributed by atoms with Gasteiger partial charge in [-0.15, -0.1) is 11.3 Å². The highest BCUT2D eigenvalue weighted by molar-refractivity contribution is 7.89. The van der Waals surface area contributed by atoms with Crippen molar-refractivity contribution in [1.29, 1.82) is 0 Å². The number of amides is 1. The van der Waals surface area contributed by atoms with Gasteiger partial charge in [-0.1, -0.05) is 24.3 Å². The van der Waals surface area contributed by atoms with Crippen molar-refractivity contribution in [2.24, 2.45) is 0 Å². The highest BCUT2D eigenvalue weighted by Crippen LogP contribution is 2.27. The molecule has 1 aliphatic rings. The van der Waals surface area contributed by atoms with E-state index in [1.807, 2.05) is 48.9 Å². The van der Waals surface area contributed by atoms with Gasteiger partial charge in [0.2, 0.25) is 10.0 Å². The van der Waals surface area contributed by atoms with E-state index in [-0.39, 0.29) is 15.7 Å². The molecule has 3 heterocycles. The topological polar surface area (TPSA) is 84.3 Å². The number of rotatable bonds is 7. The number of benzene rings is 1. The molecule has 1 aromatic carbocycles. The van der Waals surface area contributed by atoms with E-state index >= 15 is 0 Å². The molecule has 0 radical (unpaired) electrons. The molecule has 1 amide bonds. The molecular formula is C22H26N4O3S2. The second kappa shape index (κ2) is 8.94. The third-order valence-electron chi connectivity index (χ3n) is 5.40. The van der Waals surface area contributed by atoms with Gasteiger partial charge in [0.15, 0.2) is 0 Å². The highest BCUT2D eigenvalue weighted by Gasteiger charge is 2.31. The summed E-state index contributed by atoms with van der Waals surface area (Å²) in [6, 6.07) is 11.5. The predicted octanol–water partition coefficient (Wildman–Crippen LogP) is 3.32. The Hall–Kier alpha value is -2.49. The van der Waals surface area contributed by atoms with E-state index < -0.39 is 10.0 Å². The molecule has 7 nitrogen and oxygen atoms in total. The van der Waals surface area contributed by atoms with Crippen LogP contribution < -0.4 is 5.32 Å². The second-order valence-electron chi connectivity index (χ2n) is 7.81. The van der Waals surface area contributed by atoms with Gasteiger partial charge in [-0.3, -0.25) is 9.48 Å². The Morgan fingerprint density at radius 3 is 2.58 bits per heavy atom. The number of nitrogens with one attached hydrogen (secondary N) is 1. The van der Waals surface area contributed by atoms with Crippen molar-refractivity contribution in [1.82, 2.24) is 19.4 Å². The molecule has 0 spiro atoms. The lowest BCUT2D eigenvalue weighted by Gasteiger charge is -2.15. The maximum absolute atomic E-state index is 12.9. The third kappa shape index (κ3) is 4.73. The van der Waals surface area contributed by atoms with Crippen LogP contribution in [0.1, 0.15) is 45.0 Å².